The number of hydrogen-bond donors (Lipinski definition) is 0. The van der Waals surface area contributed by atoms with E-state index in [9.17, 15) is 19.2 Å². The van der Waals surface area contributed by atoms with Crippen molar-refractivity contribution in [2.75, 3.05) is 6.61 Å². The number of rotatable bonds is 7. The average molecular weight is 498 g/mol. The molecule has 3 aromatic carbocycles. The van der Waals surface area contributed by atoms with Crippen LogP contribution in [0.2, 0.25) is 0 Å². The standard InChI is InChI=1S/C29H23NO7/c1-3-35-24-11-9-18(15-30-27(32)21-6-4-5-7-22(21)28(30)33)13-23(24)29(34)36-16-19-14-26(31)37-25-12-17(2)8-10-20(19)25/h4-14H,3,15-16H2,1-2H3. The molecule has 0 atom stereocenters. The molecule has 2 heterocycles. The lowest BCUT2D eigenvalue weighted by Gasteiger charge is -2.16. The quantitative estimate of drug-likeness (QED) is 0.208. The van der Waals surface area contributed by atoms with Crippen molar-refractivity contribution in [3.63, 3.8) is 0 Å². The Bertz CT molecular complexity index is 1580. The van der Waals surface area contributed by atoms with Gasteiger partial charge in [-0.15, -0.1) is 0 Å². The molecule has 0 saturated heterocycles. The molecule has 0 unspecified atom stereocenters. The zero-order chi connectivity index (χ0) is 26.1. The minimum absolute atomic E-state index is 0.0112. The topological polar surface area (TPSA) is 103 Å². The largest absolute Gasteiger partial charge is 0.493 e. The first-order valence-corrected chi connectivity index (χ1v) is 11.8. The number of carbonyl (C=O) groups excluding carboxylic acids is 3. The van der Waals surface area contributed by atoms with Crippen LogP contribution in [-0.2, 0) is 17.9 Å². The van der Waals surface area contributed by atoms with Gasteiger partial charge in [-0.1, -0.05) is 30.3 Å². The van der Waals surface area contributed by atoms with Gasteiger partial charge in [0.2, 0.25) is 0 Å². The van der Waals surface area contributed by atoms with Gasteiger partial charge in [-0.3, -0.25) is 14.5 Å². The summed E-state index contributed by atoms with van der Waals surface area (Å²) in [4.78, 5) is 51.8. The molecule has 2 amide bonds. The molecule has 0 aliphatic carbocycles. The Morgan fingerprint density at radius 2 is 1.65 bits per heavy atom. The molecule has 0 saturated carbocycles. The first-order chi connectivity index (χ1) is 17.9. The summed E-state index contributed by atoms with van der Waals surface area (Å²) in [6.07, 6.45) is 0. The van der Waals surface area contributed by atoms with E-state index in [-0.39, 0.29) is 30.5 Å². The number of fused-ring (bicyclic) bond motifs is 2. The lowest BCUT2D eigenvalue weighted by molar-refractivity contribution is 0.0469. The van der Waals surface area contributed by atoms with Gasteiger partial charge in [0.1, 0.15) is 23.5 Å². The molecule has 37 heavy (non-hydrogen) atoms. The van der Waals surface area contributed by atoms with E-state index >= 15 is 0 Å². The van der Waals surface area contributed by atoms with Crippen molar-refractivity contribution in [2.24, 2.45) is 0 Å². The van der Waals surface area contributed by atoms with Crippen molar-refractivity contribution in [2.45, 2.75) is 27.0 Å². The predicted molar refractivity (Wildman–Crippen MR) is 135 cm³/mol. The van der Waals surface area contributed by atoms with Crippen molar-refractivity contribution in [1.82, 2.24) is 4.90 Å². The number of aryl methyl sites for hydroxylation is 1. The second-order valence-corrected chi connectivity index (χ2v) is 8.67. The van der Waals surface area contributed by atoms with Gasteiger partial charge in [0.25, 0.3) is 11.8 Å². The van der Waals surface area contributed by atoms with Crippen LogP contribution in [0.5, 0.6) is 5.75 Å². The summed E-state index contributed by atoms with van der Waals surface area (Å²) in [6.45, 7) is 3.83. The lowest BCUT2D eigenvalue weighted by atomic mass is 10.1. The normalized spacial score (nSPS) is 12.6. The van der Waals surface area contributed by atoms with Gasteiger partial charge < -0.3 is 13.9 Å². The number of ether oxygens (including phenoxy) is 2. The Balaban J connectivity index is 1.39. The zero-order valence-corrected chi connectivity index (χ0v) is 20.3. The van der Waals surface area contributed by atoms with Gasteiger partial charge in [-0.2, -0.15) is 0 Å². The van der Waals surface area contributed by atoms with Gasteiger partial charge in [0, 0.05) is 17.0 Å². The summed E-state index contributed by atoms with van der Waals surface area (Å²) < 4.78 is 16.5. The van der Waals surface area contributed by atoms with Crippen molar-refractivity contribution >= 4 is 28.8 Å². The maximum atomic E-state index is 13.1. The van der Waals surface area contributed by atoms with Crippen molar-refractivity contribution < 1.29 is 28.3 Å². The Morgan fingerprint density at radius 1 is 0.919 bits per heavy atom. The van der Waals surface area contributed by atoms with Gasteiger partial charge in [0.05, 0.1) is 24.3 Å². The van der Waals surface area contributed by atoms with E-state index in [1.54, 1.807) is 55.5 Å². The number of esters is 1. The highest BCUT2D eigenvalue weighted by atomic mass is 16.5. The monoisotopic (exact) mass is 497 g/mol. The Hall–Kier alpha value is -4.72. The van der Waals surface area contributed by atoms with Crippen LogP contribution in [0.4, 0.5) is 0 Å². The van der Waals surface area contributed by atoms with E-state index < -0.39 is 11.6 Å². The number of nitrogens with zero attached hydrogens (tertiary/aromatic N) is 1. The van der Waals surface area contributed by atoms with Gasteiger partial charge in [-0.05, 0) is 55.3 Å². The Kier molecular flexibility index (Phi) is 6.31. The highest BCUT2D eigenvalue weighted by molar-refractivity contribution is 6.21. The molecule has 8 heteroatoms. The third-order valence-corrected chi connectivity index (χ3v) is 6.13. The second kappa shape index (κ2) is 9.73. The van der Waals surface area contributed by atoms with Crippen LogP contribution in [0.25, 0.3) is 11.0 Å². The molecule has 0 bridgehead atoms. The van der Waals surface area contributed by atoms with Crippen LogP contribution in [-0.4, -0.2) is 29.3 Å². The first-order valence-electron chi connectivity index (χ1n) is 11.8. The summed E-state index contributed by atoms with van der Waals surface area (Å²) in [6, 6.07) is 18.3. The third-order valence-electron chi connectivity index (χ3n) is 6.13. The van der Waals surface area contributed by atoms with Crippen molar-refractivity contribution in [3.8, 4) is 5.75 Å². The molecule has 0 fully saturated rings. The van der Waals surface area contributed by atoms with Gasteiger partial charge >= 0.3 is 11.6 Å². The van der Waals surface area contributed by atoms with Crippen LogP contribution in [0.3, 0.4) is 0 Å². The summed E-state index contributed by atoms with van der Waals surface area (Å²) in [5, 5.41) is 0.669. The van der Waals surface area contributed by atoms with E-state index in [1.807, 2.05) is 19.1 Å². The molecule has 186 valence electrons. The minimum atomic E-state index is -0.666. The molecule has 4 aromatic rings. The number of amides is 2. The molecule has 1 aliphatic rings. The number of benzene rings is 3. The molecule has 0 spiro atoms. The van der Waals surface area contributed by atoms with E-state index in [4.69, 9.17) is 13.9 Å². The van der Waals surface area contributed by atoms with Crippen LogP contribution < -0.4 is 10.4 Å². The van der Waals surface area contributed by atoms with Crippen LogP contribution in [0.15, 0.2) is 75.9 Å². The van der Waals surface area contributed by atoms with Gasteiger partial charge in [-0.25, -0.2) is 9.59 Å². The fourth-order valence-corrected chi connectivity index (χ4v) is 4.36. The van der Waals surface area contributed by atoms with E-state index in [0.29, 0.717) is 45.6 Å². The molecular weight excluding hydrogens is 474 g/mol. The fourth-order valence-electron chi connectivity index (χ4n) is 4.36. The molecule has 8 nitrogen and oxygen atoms in total. The SMILES string of the molecule is CCOc1ccc(CN2C(=O)c3ccccc3C2=O)cc1C(=O)OCc1cc(=O)oc2cc(C)ccc12. The molecule has 0 radical (unpaired) electrons. The maximum Gasteiger partial charge on any atom is 0.342 e. The lowest BCUT2D eigenvalue weighted by Crippen LogP contribution is -2.29. The summed E-state index contributed by atoms with van der Waals surface area (Å²) in [5.74, 6) is -1.12. The summed E-state index contributed by atoms with van der Waals surface area (Å²) in [7, 11) is 0. The average Bonchev–Trinajstić information content (AvgIpc) is 3.12. The smallest absolute Gasteiger partial charge is 0.342 e. The third kappa shape index (κ3) is 4.61. The summed E-state index contributed by atoms with van der Waals surface area (Å²) in [5.41, 5.74) is 2.74. The Morgan fingerprint density at radius 3 is 2.35 bits per heavy atom. The highest BCUT2D eigenvalue weighted by Crippen LogP contribution is 2.27. The van der Waals surface area contributed by atoms with Crippen LogP contribution in [0, 0.1) is 6.92 Å². The summed E-state index contributed by atoms with van der Waals surface area (Å²) >= 11 is 0. The number of hydrogen-bond acceptors (Lipinski definition) is 7. The van der Waals surface area contributed by atoms with Crippen molar-refractivity contribution in [1.29, 1.82) is 0 Å². The molecular formula is C29H23NO7. The highest BCUT2D eigenvalue weighted by Gasteiger charge is 2.35. The van der Waals surface area contributed by atoms with E-state index in [2.05, 4.69) is 0 Å². The molecule has 1 aliphatic heterocycles. The first kappa shape index (κ1) is 24.0. The number of carbonyl (C=O) groups is 3. The zero-order valence-electron chi connectivity index (χ0n) is 20.3. The number of imide groups is 1. The Labute approximate surface area is 212 Å². The molecule has 5 rings (SSSR count). The van der Waals surface area contributed by atoms with Crippen LogP contribution >= 0.6 is 0 Å². The van der Waals surface area contributed by atoms with E-state index in [1.165, 1.54) is 6.07 Å². The van der Waals surface area contributed by atoms with Gasteiger partial charge in [0.15, 0.2) is 0 Å². The predicted octanol–water partition coefficient (Wildman–Crippen LogP) is 4.65. The van der Waals surface area contributed by atoms with Crippen molar-refractivity contribution in [3.05, 3.63) is 111 Å². The maximum absolute atomic E-state index is 13.1. The molecule has 1 aromatic heterocycles. The van der Waals surface area contributed by atoms with E-state index in [0.717, 1.165) is 10.5 Å². The van der Waals surface area contributed by atoms with Crippen LogP contribution in [0.1, 0.15) is 54.7 Å². The second-order valence-electron chi connectivity index (χ2n) is 8.67. The molecule has 0 N–H and O–H groups in total. The minimum Gasteiger partial charge on any atom is -0.493 e. The fraction of sp³-hybridized carbons (Fsp3) is 0.172.